The van der Waals surface area contributed by atoms with Crippen molar-refractivity contribution in [1.29, 1.82) is 0 Å². The number of rotatable bonds is 8. The van der Waals surface area contributed by atoms with Gasteiger partial charge in [-0.1, -0.05) is 19.1 Å². The molecule has 0 fully saturated rings. The van der Waals surface area contributed by atoms with Gasteiger partial charge in [-0.05, 0) is 37.5 Å². The topological polar surface area (TPSA) is 55.8 Å². The summed E-state index contributed by atoms with van der Waals surface area (Å²) in [6, 6.07) is 7.30. The molecule has 0 saturated carbocycles. The van der Waals surface area contributed by atoms with Crippen molar-refractivity contribution in [2.24, 2.45) is 0 Å². The molecule has 1 aromatic carbocycles. The Hall–Kier alpha value is -1.55. The van der Waals surface area contributed by atoms with Crippen LogP contribution in [0.1, 0.15) is 44.8 Å². The first-order chi connectivity index (χ1) is 9.17. The lowest BCUT2D eigenvalue weighted by atomic mass is 10.0. The van der Waals surface area contributed by atoms with Gasteiger partial charge >= 0.3 is 5.97 Å². The maximum absolute atomic E-state index is 11.3. The molecule has 1 atom stereocenters. The molecule has 1 unspecified atom stereocenters. The van der Waals surface area contributed by atoms with Crippen LogP contribution in [0.5, 0.6) is 5.75 Å². The molecule has 0 amide bonds. The van der Waals surface area contributed by atoms with Gasteiger partial charge < -0.3 is 14.6 Å². The quantitative estimate of drug-likeness (QED) is 0.735. The number of carbonyl (C=O) groups excluding carboxylic acids is 1. The van der Waals surface area contributed by atoms with Gasteiger partial charge in [-0.15, -0.1) is 0 Å². The van der Waals surface area contributed by atoms with E-state index in [4.69, 9.17) is 9.47 Å². The molecule has 0 heterocycles. The predicted octanol–water partition coefficient (Wildman–Crippen LogP) is 2.85. The number of aliphatic hydroxyl groups excluding tert-OH is 1. The zero-order valence-corrected chi connectivity index (χ0v) is 11.6. The molecule has 0 aliphatic carbocycles. The summed E-state index contributed by atoms with van der Waals surface area (Å²) in [4.78, 5) is 11.3. The van der Waals surface area contributed by atoms with Crippen molar-refractivity contribution in [3.8, 4) is 5.75 Å². The first-order valence-electron chi connectivity index (χ1n) is 6.73. The van der Waals surface area contributed by atoms with Crippen molar-refractivity contribution in [3.63, 3.8) is 0 Å². The van der Waals surface area contributed by atoms with Crippen molar-refractivity contribution in [3.05, 3.63) is 29.8 Å². The van der Waals surface area contributed by atoms with Gasteiger partial charge in [0.1, 0.15) is 5.75 Å². The zero-order valence-electron chi connectivity index (χ0n) is 11.6. The Bertz CT molecular complexity index is 389. The van der Waals surface area contributed by atoms with E-state index in [-0.39, 0.29) is 12.4 Å². The summed E-state index contributed by atoms with van der Waals surface area (Å²) in [6.07, 6.45) is 0.720. The van der Waals surface area contributed by atoms with Crippen molar-refractivity contribution in [2.75, 3.05) is 13.2 Å². The van der Waals surface area contributed by atoms with Crippen LogP contribution >= 0.6 is 0 Å². The smallest absolute Gasteiger partial charge is 0.305 e. The van der Waals surface area contributed by atoms with E-state index in [1.807, 2.05) is 32.0 Å². The molecule has 4 nitrogen and oxygen atoms in total. The lowest BCUT2D eigenvalue weighted by Crippen LogP contribution is -2.08. The van der Waals surface area contributed by atoms with Crippen LogP contribution in [0.2, 0.25) is 0 Å². The number of ether oxygens (including phenoxy) is 2. The Morgan fingerprint density at radius 2 is 2.16 bits per heavy atom. The normalized spacial score (nSPS) is 11.9. The predicted molar refractivity (Wildman–Crippen MR) is 73.1 cm³/mol. The third-order valence-electron chi connectivity index (χ3n) is 2.64. The Morgan fingerprint density at radius 3 is 2.84 bits per heavy atom. The highest BCUT2D eigenvalue weighted by Crippen LogP contribution is 2.22. The monoisotopic (exact) mass is 266 g/mol. The van der Waals surface area contributed by atoms with Gasteiger partial charge in [-0.2, -0.15) is 0 Å². The van der Waals surface area contributed by atoms with Crippen LogP contribution in [-0.4, -0.2) is 24.3 Å². The minimum Gasteiger partial charge on any atom is -0.494 e. The van der Waals surface area contributed by atoms with Gasteiger partial charge in [0.15, 0.2) is 0 Å². The molecule has 0 aliphatic heterocycles. The molecule has 106 valence electrons. The molecule has 1 aromatic rings. The fourth-order valence-corrected chi connectivity index (χ4v) is 1.69. The first-order valence-corrected chi connectivity index (χ1v) is 6.73. The standard InChI is InChI=1S/C15H22O4/c1-3-10-19-15(17)9-8-14(16)12-6-5-7-13(11-12)18-4-2/h5-7,11,14,16H,3-4,8-10H2,1-2H3. The van der Waals surface area contributed by atoms with E-state index in [0.29, 0.717) is 19.6 Å². The minimum absolute atomic E-state index is 0.222. The average molecular weight is 266 g/mol. The van der Waals surface area contributed by atoms with Gasteiger partial charge in [0, 0.05) is 6.42 Å². The zero-order chi connectivity index (χ0) is 14.1. The van der Waals surface area contributed by atoms with Crippen molar-refractivity contribution >= 4 is 5.97 Å². The van der Waals surface area contributed by atoms with Crippen molar-refractivity contribution < 1.29 is 19.4 Å². The van der Waals surface area contributed by atoms with E-state index in [1.54, 1.807) is 6.07 Å². The Kier molecular flexibility index (Phi) is 6.97. The summed E-state index contributed by atoms with van der Waals surface area (Å²) in [5, 5.41) is 10.0. The number of hydrogen-bond acceptors (Lipinski definition) is 4. The maximum atomic E-state index is 11.3. The van der Waals surface area contributed by atoms with Crippen LogP contribution in [0.25, 0.3) is 0 Å². The number of aliphatic hydroxyl groups is 1. The van der Waals surface area contributed by atoms with Gasteiger partial charge in [0.25, 0.3) is 0 Å². The highest BCUT2D eigenvalue weighted by Gasteiger charge is 2.11. The molecule has 0 radical (unpaired) electrons. The van der Waals surface area contributed by atoms with E-state index in [2.05, 4.69) is 0 Å². The molecule has 19 heavy (non-hydrogen) atoms. The van der Waals surface area contributed by atoms with Crippen molar-refractivity contribution in [1.82, 2.24) is 0 Å². The average Bonchev–Trinajstić information content (AvgIpc) is 2.43. The third kappa shape index (κ3) is 5.75. The molecule has 0 saturated heterocycles. The van der Waals surface area contributed by atoms with Gasteiger partial charge in [0.05, 0.1) is 19.3 Å². The second-order valence-electron chi connectivity index (χ2n) is 4.28. The summed E-state index contributed by atoms with van der Waals surface area (Å²) in [7, 11) is 0. The molecule has 0 aliphatic rings. The van der Waals surface area contributed by atoms with Crippen LogP contribution in [0, 0.1) is 0 Å². The minimum atomic E-state index is -0.672. The van der Waals surface area contributed by atoms with Gasteiger partial charge in [0.2, 0.25) is 0 Å². The molecule has 1 N–H and O–H groups in total. The fourth-order valence-electron chi connectivity index (χ4n) is 1.69. The number of carbonyl (C=O) groups is 1. The van der Waals surface area contributed by atoms with Crippen LogP contribution in [-0.2, 0) is 9.53 Å². The molecule has 1 rings (SSSR count). The Balaban J connectivity index is 2.46. The maximum Gasteiger partial charge on any atom is 0.305 e. The van der Waals surface area contributed by atoms with E-state index in [0.717, 1.165) is 17.7 Å². The summed E-state index contributed by atoms with van der Waals surface area (Å²) in [6.45, 7) is 4.88. The molecular formula is C15H22O4. The number of benzene rings is 1. The summed E-state index contributed by atoms with van der Waals surface area (Å²) in [5.74, 6) is 0.467. The highest BCUT2D eigenvalue weighted by atomic mass is 16.5. The summed E-state index contributed by atoms with van der Waals surface area (Å²) in [5.41, 5.74) is 0.759. The highest BCUT2D eigenvalue weighted by molar-refractivity contribution is 5.69. The SMILES string of the molecule is CCCOC(=O)CCC(O)c1cccc(OCC)c1. The van der Waals surface area contributed by atoms with E-state index < -0.39 is 6.10 Å². The molecule has 4 heteroatoms. The lowest BCUT2D eigenvalue weighted by Gasteiger charge is -2.12. The van der Waals surface area contributed by atoms with Crippen LogP contribution in [0.15, 0.2) is 24.3 Å². The first kappa shape index (κ1) is 15.5. The fraction of sp³-hybridized carbons (Fsp3) is 0.533. The Morgan fingerprint density at radius 1 is 1.37 bits per heavy atom. The number of esters is 1. The summed E-state index contributed by atoms with van der Waals surface area (Å²) < 4.78 is 10.3. The van der Waals surface area contributed by atoms with E-state index in [9.17, 15) is 9.90 Å². The second-order valence-corrected chi connectivity index (χ2v) is 4.28. The van der Waals surface area contributed by atoms with Crippen LogP contribution in [0.3, 0.4) is 0 Å². The molecule has 0 aromatic heterocycles. The summed E-state index contributed by atoms with van der Waals surface area (Å²) >= 11 is 0. The molecule has 0 spiro atoms. The second kappa shape index (κ2) is 8.53. The number of hydrogen-bond donors (Lipinski definition) is 1. The Labute approximate surface area is 114 Å². The largest absolute Gasteiger partial charge is 0.494 e. The van der Waals surface area contributed by atoms with E-state index in [1.165, 1.54) is 0 Å². The molecule has 0 bridgehead atoms. The van der Waals surface area contributed by atoms with E-state index >= 15 is 0 Å². The van der Waals surface area contributed by atoms with Gasteiger partial charge in [-0.25, -0.2) is 0 Å². The third-order valence-corrected chi connectivity index (χ3v) is 2.64. The molecular weight excluding hydrogens is 244 g/mol. The van der Waals surface area contributed by atoms with Crippen molar-refractivity contribution in [2.45, 2.75) is 39.2 Å². The van der Waals surface area contributed by atoms with Crippen LogP contribution < -0.4 is 4.74 Å². The van der Waals surface area contributed by atoms with Crippen LogP contribution in [0.4, 0.5) is 0 Å². The van der Waals surface area contributed by atoms with Gasteiger partial charge in [-0.3, -0.25) is 4.79 Å². The lowest BCUT2D eigenvalue weighted by molar-refractivity contribution is -0.144.